The van der Waals surface area contributed by atoms with Gasteiger partial charge >= 0.3 is 0 Å². The van der Waals surface area contributed by atoms with Crippen molar-refractivity contribution in [3.8, 4) is 11.1 Å². The maximum atomic E-state index is 6.04. The Balaban J connectivity index is 1.12. The summed E-state index contributed by atoms with van der Waals surface area (Å²) >= 11 is 0. The van der Waals surface area contributed by atoms with Crippen molar-refractivity contribution in [2.45, 2.75) is 63.8 Å². The van der Waals surface area contributed by atoms with Gasteiger partial charge in [-0.15, -0.1) is 0 Å². The fraction of sp³-hybridized carbons (Fsp3) is 0.538. The van der Waals surface area contributed by atoms with E-state index in [2.05, 4.69) is 58.3 Å². The summed E-state index contributed by atoms with van der Waals surface area (Å²) in [6.45, 7) is 6.75. The minimum Gasteiger partial charge on any atom is -0.374 e. The van der Waals surface area contributed by atoms with Gasteiger partial charge in [0.1, 0.15) is 0 Å². The molecule has 0 amide bonds. The number of hydrogen-bond donors (Lipinski definition) is 0. The number of rotatable bonds is 7. The fourth-order valence-corrected chi connectivity index (χ4v) is 4.85. The maximum Gasteiger partial charge on any atom is 0.0720 e. The second-order valence-electron chi connectivity index (χ2n) is 9.15. The lowest BCUT2D eigenvalue weighted by Crippen LogP contribution is -2.46. The van der Waals surface area contributed by atoms with Crippen molar-refractivity contribution in [2.75, 3.05) is 26.2 Å². The van der Waals surface area contributed by atoms with E-state index in [0.29, 0.717) is 6.10 Å². The molecule has 0 N–H and O–H groups in total. The van der Waals surface area contributed by atoms with Crippen molar-refractivity contribution in [2.24, 2.45) is 0 Å². The molecule has 1 heterocycles. The Hall–Kier alpha value is -1.68. The van der Waals surface area contributed by atoms with Gasteiger partial charge in [0, 0.05) is 38.8 Å². The van der Waals surface area contributed by atoms with E-state index in [4.69, 9.17) is 4.74 Å². The second kappa shape index (κ2) is 8.99. The molecule has 0 radical (unpaired) electrons. The van der Waals surface area contributed by atoms with Crippen LogP contribution in [-0.4, -0.2) is 48.1 Å². The van der Waals surface area contributed by atoms with Crippen molar-refractivity contribution in [3.05, 3.63) is 59.7 Å². The van der Waals surface area contributed by atoms with Gasteiger partial charge in [-0.2, -0.15) is 0 Å². The Kier molecular flexibility index (Phi) is 5.98. The molecule has 0 spiro atoms. The van der Waals surface area contributed by atoms with Crippen LogP contribution < -0.4 is 0 Å². The standard InChI is InChI=1S/C26H34N2O/c1-2-4-26(3-1)29-20-22-7-11-24(12-8-22)23-9-5-21(6-10-23)19-27-15-17-28(18-16-27)25-13-14-25/h5-12,25-26H,1-4,13-20H2. The highest BCUT2D eigenvalue weighted by Gasteiger charge is 2.31. The molecule has 1 aliphatic heterocycles. The number of benzene rings is 2. The number of hydrogen-bond acceptors (Lipinski definition) is 3. The fourth-order valence-electron chi connectivity index (χ4n) is 4.85. The van der Waals surface area contributed by atoms with Gasteiger partial charge in [-0.3, -0.25) is 9.80 Å². The lowest BCUT2D eigenvalue weighted by atomic mass is 10.0. The SMILES string of the molecule is c1cc(-c2ccc(CN3CCN(C4CC4)CC3)cc2)ccc1COC1CCCC1. The van der Waals surface area contributed by atoms with E-state index in [0.717, 1.165) is 19.2 Å². The zero-order chi connectivity index (χ0) is 19.5. The topological polar surface area (TPSA) is 15.7 Å². The van der Waals surface area contributed by atoms with E-state index in [1.807, 2.05) is 0 Å². The average molecular weight is 391 g/mol. The highest BCUT2D eigenvalue weighted by atomic mass is 16.5. The first-order chi connectivity index (χ1) is 14.3. The van der Waals surface area contributed by atoms with Crippen LogP contribution in [0.4, 0.5) is 0 Å². The molecule has 3 aliphatic rings. The molecule has 0 aromatic heterocycles. The zero-order valence-corrected chi connectivity index (χ0v) is 17.6. The van der Waals surface area contributed by atoms with E-state index in [9.17, 15) is 0 Å². The molecule has 0 bridgehead atoms. The first kappa shape index (κ1) is 19.3. The molecule has 0 unspecified atom stereocenters. The van der Waals surface area contributed by atoms with Crippen molar-refractivity contribution >= 4 is 0 Å². The van der Waals surface area contributed by atoms with Crippen LogP contribution in [0.25, 0.3) is 11.1 Å². The summed E-state index contributed by atoms with van der Waals surface area (Å²) in [5.74, 6) is 0. The molecule has 154 valence electrons. The predicted molar refractivity (Wildman–Crippen MR) is 119 cm³/mol. The Labute approximate surface area is 175 Å². The quantitative estimate of drug-likeness (QED) is 0.655. The minimum atomic E-state index is 0.485. The summed E-state index contributed by atoms with van der Waals surface area (Å²) in [5.41, 5.74) is 5.30. The summed E-state index contributed by atoms with van der Waals surface area (Å²) < 4.78 is 6.04. The van der Waals surface area contributed by atoms with Crippen LogP contribution in [0.1, 0.15) is 49.7 Å². The molecule has 3 heteroatoms. The van der Waals surface area contributed by atoms with Gasteiger partial charge in [0.15, 0.2) is 0 Å². The molecule has 1 saturated heterocycles. The third-order valence-corrected chi connectivity index (χ3v) is 6.91. The number of nitrogens with zero attached hydrogens (tertiary/aromatic N) is 2. The molecular weight excluding hydrogens is 356 g/mol. The molecule has 3 fully saturated rings. The third-order valence-electron chi connectivity index (χ3n) is 6.91. The molecule has 3 nitrogen and oxygen atoms in total. The van der Waals surface area contributed by atoms with Crippen molar-refractivity contribution < 1.29 is 4.74 Å². The van der Waals surface area contributed by atoms with Crippen molar-refractivity contribution in [1.29, 1.82) is 0 Å². The normalized spacial score (nSPS) is 21.7. The molecule has 2 aliphatic carbocycles. The van der Waals surface area contributed by atoms with Gasteiger partial charge in [0.25, 0.3) is 0 Å². The summed E-state index contributed by atoms with van der Waals surface area (Å²) in [4.78, 5) is 5.29. The van der Waals surface area contributed by atoms with E-state index < -0.39 is 0 Å². The van der Waals surface area contributed by atoms with Gasteiger partial charge in [-0.1, -0.05) is 61.4 Å². The maximum absolute atomic E-state index is 6.04. The average Bonchev–Trinajstić information content (AvgIpc) is 3.49. The van der Waals surface area contributed by atoms with Crippen LogP contribution in [0.2, 0.25) is 0 Å². The van der Waals surface area contributed by atoms with Crippen LogP contribution in [0.5, 0.6) is 0 Å². The zero-order valence-electron chi connectivity index (χ0n) is 17.6. The van der Waals surface area contributed by atoms with Crippen molar-refractivity contribution in [1.82, 2.24) is 9.80 Å². The van der Waals surface area contributed by atoms with E-state index in [1.165, 1.54) is 87.0 Å². The summed E-state index contributed by atoms with van der Waals surface area (Å²) in [6.07, 6.45) is 8.47. The van der Waals surface area contributed by atoms with Crippen LogP contribution in [0.15, 0.2) is 48.5 Å². The first-order valence-corrected chi connectivity index (χ1v) is 11.6. The van der Waals surface area contributed by atoms with Crippen LogP contribution >= 0.6 is 0 Å². The Morgan fingerprint density at radius 1 is 0.690 bits per heavy atom. The third kappa shape index (κ3) is 5.09. The molecular formula is C26H34N2O. The Morgan fingerprint density at radius 3 is 1.86 bits per heavy atom. The van der Waals surface area contributed by atoms with E-state index >= 15 is 0 Å². The Bertz CT molecular complexity index is 767. The molecule has 2 aromatic carbocycles. The van der Waals surface area contributed by atoms with Crippen LogP contribution in [0, 0.1) is 0 Å². The summed E-state index contributed by atoms with van der Waals surface area (Å²) in [5, 5.41) is 0. The van der Waals surface area contributed by atoms with Crippen LogP contribution in [0.3, 0.4) is 0 Å². The first-order valence-electron chi connectivity index (χ1n) is 11.6. The Morgan fingerprint density at radius 2 is 1.28 bits per heavy atom. The molecule has 0 atom stereocenters. The van der Waals surface area contributed by atoms with Gasteiger partial charge in [0.2, 0.25) is 0 Å². The molecule has 29 heavy (non-hydrogen) atoms. The van der Waals surface area contributed by atoms with E-state index in [-0.39, 0.29) is 0 Å². The van der Waals surface area contributed by atoms with Gasteiger partial charge in [0.05, 0.1) is 12.7 Å². The van der Waals surface area contributed by atoms with Crippen molar-refractivity contribution in [3.63, 3.8) is 0 Å². The lowest BCUT2D eigenvalue weighted by Gasteiger charge is -2.34. The predicted octanol–water partition coefficient (Wildman–Crippen LogP) is 5.09. The second-order valence-corrected chi connectivity index (χ2v) is 9.15. The highest BCUT2D eigenvalue weighted by Crippen LogP contribution is 2.28. The summed E-state index contributed by atoms with van der Waals surface area (Å²) in [6, 6.07) is 19.0. The summed E-state index contributed by atoms with van der Waals surface area (Å²) in [7, 11) is 0. The van der Waals surface area contributed by atoms with Crippen LogP contribution in [-0.2, 0) is 17.9 Å². The lowest BCUT2D eigenvalue weighted by molar-refractivity contribution is 0.0457. The number of piperazine rings is 1. The monoisotopic (exact) mass is 390 g/mol. The van der Waals surface area contributed by atoms with E-state index in [1.54, 1.807) is 0 Å². The smallest absolute Gasteiger partial charge is 0.0720 e. The molecule has 2 saturated carbocycles. The highest BCUT2D eigenvalue weighted by molar-refractivity contribution is 5.63. The van der Waals surface area contributed by atoms with Gasteiger partial charge in [-0.05, 0) is 47.9 Å². The minimum absolute atomic E-state index is 0.485. The molecule has 5 rings (SSSR count). The van der Waals surface area contributed by atoms with Gasteiger partial charge in [-0.25, -0.2) is 0 Å². The molecule has 2 aromatic rings. The van der Waals surface area contributed by atoms with Gasteiger partial charge < -0.3 is 4.74 Å². The number of ether oxygens (including phenoxy) is 1. The largest absolute Gasteiger partial charge is 0.374 e.